The van der Waals surface area contributed by atoms with Crippen LogP contribution in [0.1, 0.15) is 72.6 Å². The van der Waals surface area contributed by atoms with Gasteiger partial charge in [-0.25, -0.2) is 4.39 Å². The van der Waals surface area contributed by atoms with Crippen molar-refractivity contribution in [1.82, 2.24) is 4.98 Å². The van der Waals surface area contributed by atoms with Crippen LogP contribution < -0.4 is 9.64 Å². The van der Waals surface area contributed by atoms with Crippen molar-refractivity contribution in [2.45, 2.75) is 86.4 Å². The van der Waals surface area contributed by atoms with Gasteiger partial charge in [0.1, 0.15) is 0 Å². The molecule has 1 saturated heterocycles. The maximum absolute atomic E-state index is 15.1. The highest BCUT2D eigenvalue weighted by Gasteiger charge is 2.30. The summed E-state index contributed by atoms with van der Waals surface area (Å²) in [6.45, 7) is 16.3. The Bertz CT molecular complexity index is 1060. The summed E-state index contributed by atoms with van der Waals surface area (Å²) in [6, 6.07) is 2.89. The summed E-state index contributed by atoms with van der Waals surface area (Å²) in [5, 5.41) is 18.0. The third-order valence-electron chi connectivity index (χ3n) is 5.83. The zero-order valence-electron chi connectivity index (χ0n) is 22.7. The van der Waals surface area contributed by atoms with Gasteiger partial charge in [0.25, 0.3) is 0 Å². The van der Waals surface area contributed by atoms with Crippen LogP contribution in [0.25, 0.3) is 11.1 Å². The van der Waals surface area contributed by atoms with E-state index in [2.05, 4.69) is 23.7 Å². The molecule has 0 bridgehead atoms. The number of aromatic nitrogens is 1. The standard InChI is InChI=1S/C24H30F2N2O3.C4H10O/c1-14(2)31-19-7-6-16(21(25)22(19)26)18-13-27-15(3)17(12-20(29)30)23(18)28-10-8-24(4,5)9-11-28;1-4(2,3)5/h6-7,13-14H,8-12H2,1-5H3,(H,29,30);5H,1-3H3. The van der Waals surface area contributed by atoms with Gasteiger partial charge in [-0.2, -0.15) is 4.39 Å². The molecule has 200 valence electrons. The summed E-state index contributed by atoms with van der Waals surface area (Å²) in [6.07, 6.45) is 2.81. The molecule has 1 aliphatic heterocycles. The predicted octanol–water partition coefficient (Wildman–Crippen LogP) is 6.15. The molecule has 0 atom stereocenters. The average molecular weight is 507 g/mol. The molecule has 1 fully saturated rings. The summed E-state index contributed by atoms with van der Waals surface area (Å²) >= 11 is 0. The molecule has 2 aromatic rings. The van der Waals surface area contributed by atoms with Crippen LogP contribution in [0.3, 0.4) is 0 Å². The average Bonchev–Trinajstić information content (AvgIpc) is 2.72. The van der Waals surface area contributed by atoms with Crippen molar-refractivity contribution in [3.05, 3.63) is 41.2 Å². The van der Waals surface area contributed by atoms with Gasteiger partial charge in [-0.3, -0.25) is 9.78 Å². The topological polar surface area (TPSA) is 82.9 Å². The molecule has 2 N–H and O–H groups in total. The fourth-order valence-electron chi connectivity index (χ4n) is 3.98. The van der Waals surface area contributed by atoms with Crippen molar-refractivity contribution in [3.8, 4) is 16.9 Å². The fraction of sp³-hybridized carbons (Fsp3) is 0.571. The lowest BCUT2D eigenvalue weighted by Gasteiger charge is -2.40. The van der Waals surface area contributed by atoms with Crippen LogP contribution in [0.2, 0.25) is 0 Å². The minimum atomic E-state index is -1.06. The smallest absolute Gasteiger partial charge is 0.307 e. The molecule has 1 aromatic carbocycles. The van der Waals surface area contributed by atoms with Gasteiger partial charge in [-0.1, -0.05) is 13.8 Å². The van der Waals surface area contributed by atoms with Crippen molar-refractivity contribution >= 4 is 11.7 Å². The van der Waals surface area contributed by atoms with Crippen LogP contribution in [0.4, 0.5) is 14.5 Å². The third kappa shape index (κ3) is 8.15. The molecule has 0 amide bonds. The van der Waals surface area contributed by atoms with Gasteiger partial charge in [0.2, 0.25) is 5.82 Å². The number of aliphatic carboxylic acids is 1. The highest BCUT2D eigenvalue weighted by atomic mass is 19.2. The highest BCUT2D eigenvalue weighted by molar-refractivity contribution is 5.85. The van der Waals surface area contributed by atoms with E-state index in [0.717, 1.165) is 12.8 Å². The number of hydrogen-bond donors (Lipinski definition) is 2. The van der Waals surface area contributed by atoms with E-state index in [0.29, 0.717) is 35.6 Å². The maximum Gasteiger partial charge on any atom is 0.307 e. The number of benzene rings is 1. The number of hydrogen-bond acceptors (Lipinski definition) is 5. The Balaban J connectivity index is 0.000000830. The van der Waals surface area contributed by atoms with E-state index in [9.17, 15) is 14.3 Å². The fourth-order valence-corrected chi connectivity index (χ4v) is 3.98. The summed E-state index contributed by atoms with van der Waals surface area (Å²) in [5.74, 6) is -3.22. The number of piperidine rings is 1. The summed E-state index contributed by atoms with van der Waals surface area (Å²) in [4.78, 5) is 18.0. The summed E-state index contributed by atoms with van der Waals surface area (Å²) < 4.78 is 35.3. The Morgan fingerprint density at radius 3 is 2.19 bits per heavy atom. The molecule has 0 radical (unpaired) electrons. The number of aryl methyl sites for hydroxylation is 1. The van der Waals surface area contributed by atoms with Crippen molar-refractivity contribution in [3.63, 3.8) is 0 Å². The first-order chi connectivity index (χ1) is 16.5. The Labute approximate surface area is 213 Å². The van der Waals surface area contributed by atoms with Gasteiger partial charge in [0.15, 0.2) is 11.6 Å². The lowest BCUT2D eigenvalue weighted by Crippen LogP contribution is -2.38. The van der Waals surface area contributed by atoms with Crippen molar-refractivity contribution in [2.24, 2.45) is 5.41 Å². The van der Waals surface area contributed by atoms with Crippen LogP contribution in [-0.2, 0) is 11.2 Å². The number of carbonyl (C=O) groups is 1. The molecular formula is C28H40F2N2O4. The van der Waals surface area contributed by atoms with E-state index in [4.69, 9.17) is 9.84 Å². The second kappa shape index (κ2) is 11.5. The monoisotopic (exact) mass is 506 g/mol. The van der Waals surface area contributed by atoms with E-state index >= 15 is 4.39 Å². The maximum atomic E-state index is 15.1. The van der Waals surface area contributed by atoms with Gasteiger partial charge in [-0.15, -0.1) is 0 Å². The van der Waals surface area contributed by atoms with E-state index in [1.165, 1.54) is 18.3 Å². The molecule has 0 unspecified atom stereocenters. The van der Waals surface area contributed by atoms with Crippen LogP contribution in [-0.4, -0.2) is 46.0 Å². The Morgan fingerprint density at radius 2 is 1.69 bits per heavy atom. The van der Waals surface area contributed by atoms with Crippen LogP contribution >= 0.6 is 0 Å². The molecule has 1 aliphatic rings. The number of pyridine rings is 1. The largest absolute Gasteiger partial charge is 0.488 e. The number of rotatable bonds is 6. The second-order valence-electron chi connectivity index (χ2n) is 11.4. The number of aliphatic hydroxyl groups is 1. The molecule has 36 heavy (non-hydrogen) atoms. The van der Waals surface area contributed by atoms with Crippen molar-refractivity contribution in [2.75, 3.05) is 18.0 Å². The normalized spacial score (nSPS) is 15.4. The zero-order valence-corrected chi connectivity index (χ0v) is 22.7. The minimum absolute atomic E-state index is 0.0487. The van der Waals surface area contributed by atoms with Gasteiger partial charge >= 0.3 is 5.97 Å². The van der Waals surface area contributed by atoms with Crippen LogP contribution in [0.15, 0.2) is 18.3 Å². The predicted molar refractivity (Wildman–Crippen MR) is 139 cm³/mol. The number of nitrogens with zero attached hydrogens (tertiary/aromatic N) is 2. The molecule has 1 aromatic heterocycles. The number of anilines is 1. The third-order valence-corrected chi connectivity index (χ3v) is 5.83. The minimum Gasteiger partial charge on any atom is -0.488 e. The Morgan fingerprint density at radius 1 is 1.14 bits per heavy atom. The number of carboxylic acid groups (broad SMARTS) is 1. The molecule has 3 rings (SSSR count). The van der Waals surface area contributed by atoms with Gasteiger partial charge in [0, 0.05) is 41.7 Å². The summed E-state index contributed by atoms with van der Waals surface area (Å²) in [7, 11) is 0. The van der Waals surface area contributed by atoms with Gasteiger partial charge in [0.05, 0.1) is 23.8 Å². The van der Waals surface area contributed by atoms with E-state index in [1.54, 1.807) is 41.5 Å². The molecular weight excluding hydrogens is 466 g/mol. The molecule has 0 aliphatic carbocycles. The second-order valence-corrected chi connectivity index (χ2v) is 11.4. The molecule has 6 nitrogen and oxygen atoms in total. The molecule has 0 spiro atoms. The number of ether oxygens (including phenoxy) is 1. The first-order valence-corrected chi connectivity index (χ1v) is 12.3. The van der Waals surface area contributed by atoms with E-state index < -0.39 is 23.2 Å². The zero-order chi connectivity index (χ0) is 27.4. The lowest BCUT2D eigenvalue weighted by molar-refractivity contribution is -0.136. The van der Waals surface area contributed by atoms with Crippen molar-refractivity contribution < 1.29 is 28.5 Å². The van der Waals surface area contributed by atoms with Crippen molar-refractivity contribution in [1.29, 1.82) is 0 Å². The number of carboxylic acids is 1. The number of halogens is 2. The quantitative estimate of drug-likeness (QED) is 0.489. The van der Waals surface area contributed by atoms with E-state index in [-0.39, 0.29) is 29.3 Å². The van der Waals surface area contributed by atoms with Crippen LogP contribution in [0, 0.1) is 24.0 Å². The van der Waals surface area contributed by atoms with Gasteiger partial charge < -0.3 is 19.8 Å². The van der Waals surface area contributed by atoms with E-state index in [1.807, 2.05) is 0 Å². The Kier molecular flexibility index (Phi) is 9.46. The van der Waals surface area contributed by atoms with Crippen LogP contribution in [0.5, 0.6) is 5.75 Å². The summed E-state index contributed by atoms with van der Waals surface area (Å²) in [5.41, 5.74) is 1.86. The molecule has 0 saturated carbocycles. The Hall–Kier alpha value is -2.74. The SMILES string of the molecule is CC(C)(C)O.Cc1ncc(-c2ccc(OC(C)C)c(F)c2F)c(N2CCC(C)(C)CC2)c1CC(=O)O. The molecule has 8 heteroatoms. The highest BCUT2D eigenvalue weighted by Crippen LogP contribution is 2.41. The molecule has 2 heterocycles. The first kappa shape index (κ1) is 29.5. The lowest BCUT2D eigenvalue weighted by atomic mass is 9.82. The first-order valence-electron chi connectivity index (χ1n) is 12.3. The van der Waals surface area contributed by atoms with Gasteiger partial charge in [-0.05, 0) is 71.9 Å².